The van der Waals surface area contributed by atoms with Gasteiger partial charge in [0.2, 0.25) is 0 Å². The van der Waals surface area contributed by atoms with Crippen LogP contribution in [0, 0.1) is 6.92 Å². The summed E-state index contributed by atoms with van der Waals surface area (Å²) in [4.78, 5) is 3.78. The minimum atomic E-state index is -3.88. The van der Waals surface area contributed by atoms with Gasteiger partial charge in [-0.15, -0.1) is 0 Å². The SMILES string of the molecule is Cc1ccc(-c2n[nH]c(S(N)(=O)=O)n2)c(Cl)c1. The molecular weight excluding hydrogens is 264 g/mol. The summed E-state index contributed by atoms with van der Waals surface area (Å²) in [6, 6.07) is 5.28. The fourth-order valence-corrected chi connectivity index (χ4v) is 2.00. The van der Waals surface area contributed by atoms with E-state index in [2.05, 4.69) is 15.2 Å². The Morgan fingerprint density at radius 2 is 2.12 bits per heavy atom. The molecule has 0 spiro atoms. The molecule has 2 rings (SSSR count). The Kier molecular flexibility index (Phi) is 2.90. The maximum atomic E-state index is 11.0. The zero-order valence-electron chi connectivity index (χ0n) is 8.81. The summed E-state index contributed by atoms with van der Waals surface area (Å²) in [5.74, 6) is 0.194. The number of primary sulfonamides is 1. The molecule has 0 saturated carbocycles. The van der Waals surface area contributed by atoms with Crippen LogP contribution >= 0.6 is 11.6 Å². The molecule has 0 radical (unpaired) electrons. The first-order valence-corrected chi connectivity index (χ1v) is 6.52. The molecule has 0 aliphatic heterocycles. The van der Waals surface area contributed by atoms with Crippen LogP contribution in [0.3, 0.4) is 0 Å². The molecule has 2 aromatic rings. The maximum absolute atomic E-state index is 11.0. The van der Waals surface area contributed by atoms with Crippen LogP contribution in [0.25, 0.3) is 11.4 Å². The average molecular weight is 273 g/mol. The smallest absolute Gasteiger partial charge is 0.248 e. The third-order valence-corrected chi connectivity index (χ3v) is 3.13. The molecule has 90 valence electrons. The second-order valence-corrected chi connectivity index (χ2v) is 5.38. The van der Waals surface area contributed by atoms with Crippen LogP contribution in [0.5, 0.6) is 0 Å². The van der Waals surface area contributed by atoms with Crippen molar-refractivity contribution >= 4 is 21.6 Å². The van der Waals surface area contributed by atoms with Crippen molar-refractivity contribution in [2.24, 2.45) is 5.14 Å². The molecule has 6 nitrogen and oxygen atoms in total. The Balaban J connectivity index is 2.51. The van der Waals surface area contributed by atoms with Crippen LogP contribution in [0.2, 0.25) is 5.02 Å². The van der Waals surface area contributed by atoms with Crippen molar-refractivity contribution in [2.45, 2.75) is 12.1 Å². The predicted molar refractivity (Wildman–Crippen MR) is 62.9 cm³/mol. The quantitative estimate of drug-likeness (QED) is 0.854. The Bertz CT molecular complexity index is 665. The van der Waals surface area contributed by atoms with Crippen LogP contribution < -0.4 is 5.14 Å². The van der Waals surface area contributed by atoms with E-state index in [1.165, 1.54) is 0 Å². The number of nitrogens with two attached hydrogens (primary N) is 1. The molecule has 0 atom stereocenters. The van der Waals surface area contributed by atoms with Crippen LogP contribution in [-0.4, -0.2) is 23.6 Å². The number of aryl methyl sites for hydroxylation is 1. The Morgan fingerprint density at radius 1 is 1.41 bits per heavy atom. The minimum absolute atomic E-state index is 0.194. The highest BCUT2D eigenvalue weighted by Gasteiger charge is 2.16. The van der Waals surface area contributed by atoms with Crippen molar-refractivity contribution in [1.82, 2.24) is 15.2 Å². The third-order valence-electron chi connectivity index (χ3n) is 2.10. The van der Waals surface area contributed by atoms with Gasteiger partial charge in [0.25, 0.3) is 15.2 Å². The molecule has 0 unspecified atom stereocenters. The number of benzene rings is 1. The van der Waals surface area contributed by atoms with Gasteiger partial charge in [-0.25, -0.2) is 18.7 Å². The maximum Gasteiger partial charge on any atom is 0.273 e. The highest BCUT2D eigenvalue weighted by atomic mass is 35.5. The van der Waals surface area contributed by atoms with E-state index in [0.717, 1.165) is 5.56 Å². The number of nitrogens with one attached hydrogen (secondary N) is 1. The zero-order valence-corrected chi connectivity index (χ0v) is 10.4. The van der Waals surface area contributed by atoms with Crippen molar-refractivity contribution in [2.75, 3.05) is 0 Å². The molecule has 1 aromatic carbocycles. The fraction of sp³-hybridized carbons (Fsp3) is 0.111. The number of H-pyrrole nitrogens is 1. The van der Waals surface area contributed by atoms with E-state index >= 15 is 0 Å². The average Bonchev–Trinajstić information content (AvgIpc) is 2.65. The highest BCUT2D eigenvalue weighted by molar-refractivity contribution is 7.89. The second kappa shape index (κ2) is 4.10. The number of nitrogens with zero attached hydrogens (tertiary/aromatic N) is 2. The normalized spacial score (nSPS) is 11.7. The van der Waals surface area contributed by atoms with E-state index < -0.39 is 10.0 Å². The Hall–Kier alpha value is -1.44. The van der Waals surface area contributed by atoms with Crippen molar-refractivity contribution in [3.8, 4) is 11.4 Å². The van der Waals surface area contributed by atoms with E-state index in [9.17, 15) is 8.42 Å². The molecule has 17 heavy (non-hydrogen) atoms. The van der Waals surface area contributed by atoms with Gasteiger partial charge in [0, 0.05) is 5.56 Å². The molecule has 1 aromatic heterocycles. The second-order valence-electron chi connectivity index (χ2n) is 3.49. The number of hydrogen-bond donors (Lipinski definition) is 2. The third kappa shape index (κ3) is 2.46. The summed E-state index contributed by atoms with van der Waals surface area (Å²) < 4.78 is 22.1. The van der Waals surface area contributed by atoms with Crippen LogP contribution in [0.4, 0.5) is 0 Å². The number of sulfonamides is 1. The summed E-state index contributed by atoms with van der Waals surface area (Å²) in [6.45, 7) is 1.89. The number of aromatic amines is 1. The molecular formula is C9H9ClN4O2S. The lowest BCUT2D eigenvalue weighted by Crippen LogP contribution is -2.13. The van der Waals surface area contributed by atoms with Crippen LogP contribution in [0.15, 0.2) is 23.4 Å². The molecule has 0 amide bonds. The minimum Gasteiger partial charge on any atom is -0.248 e. The summed E-state index contributed by atoms with van der Waals surface area (Å²) in [7, 11) is -3.88. The number of halogens is 1. The van der Waals surface area contributed by atoms with E-state index in [-0.39, 0.29) is 11.0 Å². The summed E-state index contributed by atoms with van der Waals surface area (Å²) >= 11 is 6.01. The highest BCUT2D eigenvalue weighted by Crippen LogP contribution is 2.26. The van der Waals surface area contributed by atoms with Gasteiger partial charge in [0.1, 0.15) is 0 Å². The Morgan fingerprint density at radius 3 is 2.65 bits per heavy atom. The first-order valence-electron chi connectivity index (χ1n) is 4.59. The van der Waals surface area contributed by atoms with Crippen molar-refractivity contribution in [3.05, 3.63) is 28.8 Å². The molecule has 0 saturated heterocycles. The topological polar surface area (TPSA) is 102 Å². The van der Waals surface area contributed by atoms with Gasteiger partial charge < -0.3 is 0 Å². The summed E-state index contributed by atoms with van der Waals surface area (Å²) in [5, 5.41) is 11.0. The van der Waals surface area contributed by atoms with E-state index in [1.54, 1.807) is 12.1 Å². The number of rotatable bonds is 2. The van der Waals surface area contributed by atoms with Crippen molar-refractivity contribution in [3.63, 3.8) is 0 Å². The monoisotopic (exact) mass is 272 g/mol. The molecule has 0 aliphatic rings. The van der Waals surface area contributed by atoms with Crippen molar-refractivity contribution < 1.29 is 8.42 Å². The molecule has 1 heterocycles. The van der Waals surface area contributed by atoms with E-state index in [1.807, 2.05) is 13.0 Å². The summed E-state index contributed by atoms with van der Waals surface area (Å²) in [6.07, 6.45) is 0. The van der Waals surface area contributed by atoms with Gasteiger partial charge in [-0.3, -0.25) is 0 Å². The molecule has 0 fully saturated rings. The van der Waals surface area contributed by atoms with Gasteiger partial charge >= 0.3 is 0 Å². The predicted octanol–water partition coefficient (Wildman–Crippen LogP) is 1.08. The lowest BCUT2D eigenvalue weighted by Gasteiger charge is -1.99. The van der Waals surface area contributed by atoms with Crippen LogP contribution in [-0.2, 0) is 10.0 Å². The van der Waals surface area contributed by atoms with E-state index in [0.29, 0.717) is 10.6 Å². The molecule has 8 heteroatoms. The first-order chi connectivity index (χ1) is 7.88. The van der Waals surface area contributed by atoms with Gasteiger partial charge in [-0.2, -0.15) is 10.1 Å². The lowest BCUT2D eigenvalue weighted by atomic mass is 10.1. The van der Waals surface area contributed by atoms with Crippen LogP contribution in [0.1, 0.15) is 5.56 Å². The Labute approximate surface area is 103 Å². The van der Waals surface area contributed by atoms with Gasteiger partial charge in [0.15, 0.2) is 5.82 Å². The largest absolute Gasteiger partial charge is 0.273 e. The fourth-order valence-electron chi connectivity index (χ4n) is 1.30. The summed E-state index contributed by atoms with van der Waals surface area (Å²) in [5.41, 5.74) is 1.53. The molecule has 0 bridgehead atoms. The van der Waals surface area contributed by atoms with Gasteiger partial charge in [-0.1, -0.05) is 17.7 Å². The van der Waals surface area contributed by atoms with Gasteiger partial charge in [-0.05, 0) is 24.6 Å². The molecule has 3 N–H and O–H groups in total. The van der Waals surface area contributed by atoms with Gasteiger partial charge in [0.05, 0.1) is 5.02 Å². The van der Waals surface area contributed by atoms with Crippen molar-refractivity contribution in [1.29, 1.82) is 0 Å². The van der Waals surface area contributed by atoms with E-state index in [4.69, 9.17) is 16.7 Å². The zero-order chi connectivity index (χ0) is 12.6. The molecule has 0 aliphatic carbocycles. The number of aromatic nitrogens is 3. The first kappa shape index (κ1) is 12.0. The lowest BCUT2D eigenvalue weighted by molar-refractivity contribution is 0.589. The number of hydrogen-bond acceptors (Lipinski definition) is 4. The standard InChI is InChI=1S/C9H9ClN4O2S/c1-5-2-3-6(7(10)4-5)8-12-9(14-13-8)17(11,15)16/h2-4H,1H3,(H2,11,15,16)(H,12,13,14).